The summed E-state index contributed by atoms with van der Waals surface area (Å²) in [4.78, 5) is 11.8. The molecule has 0 amide bonds. The maximum Gasteiger partial charge on any atom is 0.153 e. The van der Waals surface area contributed by atoms with E-state index in [-0.39, 0.29) is 18.1 Å². The van der Waals surface area contributed by atoms with Crippen molar-refractivity contribution >= 4 is 29.0 Å². The van der Waals surface area contributed by atoms with E-state index in [4.69, 9.17) is 43.6 Å². The molecule has 3 heterocycles. The normalized spacial score (nSPS) is 20.1. The van der Waals surface area contributed by atoms with Crippen LogP contribution in [-0.2, 0) is 11.3 Å². The minimum Gasteiger partial charge on any atom is -0.390 e. The fourth-order valence-electron chi connectivity index (χ4n) is 4.78. The van der Waals surface area contributed by atoms with E-state index in [2.05, 4.69) is 11.8 Å². The van der Waals surface area contributed by atoms with Crippen LogP contribution in [0.15, 0.2) is 18.2 Å². The van der Waals surface area contributed by atoms with Crippen molar-refractivity contribution < 1.29 is 9.84 Å². The quantitative estimate of drug-likeness (QED) is 0.719. The van der Waals surface area contributed by atoms with Crippen molar-refractivity contribution in [3.8, 4) is 11.3 Å². The van der Waals surface area contributed by atoms with E-state index in [0.717, 1.165) is 56.2 Å². The first-order valence-electron chi connectivity index (χ1n) is 10.4. The standard InChI is InChI=1S/C22H28Cl2N4O2/c1-13-20(16-4-3-5-17(23)19(16)24)27-18(10-29)21(26-13)28-8-6-22(7-9-28,14(2)25)15-11-30-12-15/h3-5,14-15,29H,6-12,25H2,1-2H3. The fraction of sp³-hybridized carbons (Fsp3) is 0.545. The van der Waals surface area contributed by atoms with Gasteiger partial charge in [0.25, 0.3) is 0 Å². The van der Waals surface area contributed by atoms with Crippen LogP contribution in [0.5, 0.6) is 0 Å². The van der Waals surface area contributed by atoms with Crippen LogP contribution < -0.4 is 10.6 Å². The van der Waals surface area contributed by atoms with Crippen LogP contribution in [0.2, 0.25) is 10.0 Å². The molecule has 1 atom stereocenters. The van der Waals surface area contributed by atoms with Crippen LogP contribution in [0.4, 0.5) is 5.82 Å². The van der Waals surface area contributed by atoms with Gasteiger partial charge in [0.15, 0.2) is 5.82 Å². The van der Waals surface area contributed by atoms with Crippen molar-refractivity contribution in [1.29, 1.82) is 0 Å². The molecule has 2 saturated heterocycles. The number of aliphatic hydroxyl groups is 1. The number of hydrogen-bond donors (Lipinski definition) is 2. The Bertz CT molecular complexity index is 926. The van der Waals surface area contributed by atoms with Gasteiger partial charge in [0, 0.05) is 30.6 Å². The van der Waals surface area contributed by atoms with Crippen LogP contribution in [0.3, 0.4) is 0 Å². The van der Waals surface area contributed by atoms with Crippen molar-refractivity contribution in [2.24, 2.45) is 17.1 Å². The molecule has 2 aliphatic rings. The highest BCUT2D eigenvalue weighted by atomic mass is 35.5. The lowest BCUT2D eigenvalue weighted by Crippen LogP contribution is -2.57. The number of aryl methyl sites for hydroxylation is 1. The second-order valence-corrected chi connectivity index (χ2v) is 9.22. The smallest absolute Gasteiger partial charge is 0.153 e. The number of halogens is 2. The number of ether oxygens (including phenoxy) is 1. The molecule has 1 aromatic carbocycles. The third-order valence-corrected chi connectivity index (χ3v) is 7.65. The molecule has 2 aliphatic heterocycles. The average molecular weight is 451 g/mol. The van der Waals surface area contributed by atoms with Gasteiger partial charge in [0.2, 0.25) is 0 Å². The van der Waals surface area contributed by atoms with E-state index >= 15 is 0 Å². The van der Waals surface area contributed by atoms with Gasteiger partial charge >= 0.3 is 0 Å². The molecule has 0 spiro atoms. The number of aromatic nitrogens is 2. The van der Waals surface area contributed by atoms with E-state index in [0.29, 0.717) is 27.4 Å². The SMILES string of the molecule is Cc1nc(N2CCC(C(C)N)(C3COC3)CC2)c(CO)nc1-c1cccc(Cl)c1Cl. The fourth-order valence-corrected chi connectivity index (χ4v) is 5.17. The molecule has 0 saturated carbocycles. The van der Waals surface area contributed by atoms with Gasteiger partial charge < -0.3 is 20.5 Å². The molecule has 1 aromatic heterocycles. The second kappa shape index (κ2) is 8.60. The zero-order valence-electron chi connectivity index (χ0n) is 17.4. The second-order valence-electron chi connectivity index (χ2n) is 8.43. The Hall–Kier alpha value is -1.44. The van der Waals surface area contributed by atoms with Gasteiger partial charge in [0.1, 0.15) is 5.69 Å². The molecule has 0 bridgehead atoms. The Morgan fingerprint density at radius 1 is 1.27 bits per heavy atom. The minimum atomic E-state index is -0.195. The summed E-state index contributed by atoms with van der Waals surface area (Å²) in [6, 6.07) is 5.55. The number of piperidine rings is 1. The Morgan fingerprint density at radius 3 is 2.53 bits per heavy atom. The van der Waals surface area contributed by atoms with Crippen LogP contribution >= 0.6 is 23.2 Å². The van der Waals surface area contributed by atoms with E-state index < -0.39 is 0 Å². The number of anilines is 1. The number of nitrogens with zero attached hydrogens (tertiary/aromatic N) is 3. The lowest BCUT2D eigenvalue weighted by molar-refractivity contribution is -0.115. The minimum absolute atomic E-state index is 0.102. The largest absolute Gasteiger partial charge is 0.390 e. The van der Waals surface area contributed by atoms with E-state index in [1.807, 2.05) is 19.1 Å². The van der Waals surface area contributed by atoms with Crippen LogP contribution in [-0.4, -0.2) is 47.4 Å². The number of benzene rings is 1. The van der Waals surface area contributed by atoms with Crippen molar-refractivity contribution in [3.05, 3.63) is 39.6 Å². The summed E-state index contributed by atoms with van der Waals surface area (Å²) in [5, 5.41) is 10.9. The first-order chi connectivity index (χ1) is 14.4. The zero-order chi connectivity index (χ0) is 21.5. The van der Waals surface area contributed by atoms with Crippen molar-refractivity contribution in [2.75, 3.05) is 31.2 Å². The third-order valence-electron chi connectivity index (χ3n) is 6.83. The van der Waals surface area contributed by atoms with E-state index in [1.54, 1.807) is 6.07 Å². The molecule has 2 aromatic rings. The molecule has 30 heavy (non-hydrogen) atoms. The molecule has 8 heteroatoms. The molecule has 3 N–H and O–H groups in total. The number of hydrogen-bond acceptors (Lipinski definition) is 6. The number of aliphatic hydroxyl groups excluding tert-OH is 1. The van der Waals surface area contributed by atoms with Crippen LogP contribution in [0.1, 0.15) is 31.2 Å². The predicted octanol–water partition coefficient (Wildman–Crippen LogP) is 3.83. The molecule has 4 rings (SSSR count). The number of rotatable bonds is 5. The highest BCUT2D eigenvalue weighted by molar-refractivity contribution is 6.43. The molecule has 6 nitrogen and oxygen atoms in total. The Kier molecular flexibility index (Phi) is 6.24. The molecule has 1 unspecified atom stereocenters. The molecule has 2 fully saturated rings. The lowest BCUT2D eigenvalue weighted by atomic mass is 9.64. The van der Waals surface area contributed by atoms with Crippen molar-refractivity contribution in [1.82, 2.24) is 9.97 Å². The third kappa shape index (κ3) is 3.69. The van der Waals surface area contributed by atoms with Gasteiger partial charge in [-0.3, -0.25) is 0 Å². The summed E-state index contributed by atoms with van der Waals surface area (Å²) in [5.74, 6) is 1.26. The maximum atomic E-state index is 10.0. The van der Waals surface area contributed by atoms with Crippen LogP contribution in [0.25, 0.3) is 11.3 Å². The Labute approximate surface area is 187 Å². The van der Waals surface area contributed by atoms with Gasteiger partial charge in [-0.05, 0) is 38.2 Å². The monoisotopic (exact) mass is 450 g/mol. The first-order valence-corrected chi connectivity index (χ1v) is 11.1. The van der Waals surface area contributed by atoms with Gasteiger partial charge in [0.05, 0.1) is 41.3 Å². The highest BCUT2D eigenvalue weighted by Crippen LogP contribution is 2.45. The maximum absolute atomic E-state index is 10.0. The molecular formula is C22H28Cl2N4O2. The van der Waals surface area contributed by atoms with Gasteiger partial charge in [-0.15, -0.1) is 0 Å². The average Bonchev–Trinajstić information content (AvgIpc) is 2.69. The van der Waals surface area contributed by atoms with E-state index in [9.17, 15) is 5.11 Å². The predicted molar refractivity (Wildman–Crippen MR) is 120 cm³/mol. The first kappa shape index (κ1) is 21.8. The molecule has 0 radical (unpaired) electrons. The highest BCUT2D eigenvalue weighted by Gasteiger charge is 2.47. The lowest BCUT2D eigenvalue weighted by Gasteiger charge is -2.52. The topological polar surface area (TPSA) is 84.5 Å². The van der Waals surface area contributed by atoms with Gasteiger partial charge in [-0.2, -0.15) is 0 Å². The van der Waals surface area contributed by atoms with E-state index in [1.165, 1.54) is 0 Å². The molecular weight excluding hydrogens is 423 g/mol. The van der Waals surface area contributed by atoms with Crippen molar-refractivity contribution in [2.45, 2.75) is 39.3 Å². The molecule has 162 valence electrons. The number of nitrogens with two attached hydrogens (primary N) is 1. The summed E-state index contributed by atoms with van der Waals surface area (Å²) in [6.45, 7) is 7.09. The summed E-state index contributed by atoms with van der Waals surface area (Å²) < 4.78 is 5.46. The zero-order valence-corrected chi connectivity index (χ0v) is 18.9. The molecule has 0 aliphatic carbocycles. The van der Waals surface area contributed by atoms with Gasteiger partial charge in [-0.1, -0.05) is 35.3 Å². The summed E-state index contributed by atoms with van der Waals surface area (Å²) >= 11 is 12.6. The summed E-state index contributed by atoms with van der Waals surface area (Å²) in [5.41, 5.74) is 9.18. The van der Waals surface area contributed by atoms with Crippen molar-refractivity contribution in [3.63, 3.8) is 0 Å². The summed E-state index contributed by atoms with van der Waals surface area (Å²) in [7, 11) is 0. The Morgan fingerprint density at radius 2 is 1.97 bits per heavy atom. The van der Waals surface area contributed by atoms with Gasteiger partial charge in [-0.25, -0.2) is 9.97 Å². The van der Waals surface area contributed by atoms with Crippen LogP contribution in [0, 0.1) is 18.3 Å². The summed E-state index contributed by atoms with van der Waals surface area (Å²) in [6.07, 6.45) is 1.96. The Balaban J connectivity index is 1.63.